The van der Waals surface area contributed by atoms with Crippen molar-refractivity contribution < 1.29 is 14.6 Å². The van der Waals surface area contributed by atoms with Crippen LogP contribution in [0.15, 0.2) is 24.3 Å². The van der Waals surface area contributed by atoms with Gasteiger partial charge in [-0.1, -0.05) is 11.8 Å². The Bertz CT molecular complexity index is 455. The summed E-state index contributed by atoms with van der Waals surface area (Å²) in [5.41, 5.74) is 0.838. The van der Waals surface area contributed by atoms with Crippen LogP contribution in [0.25, 0.3) is 0 Å². The molecule has 0 heterocycles. The summed E-state index contributed by atoms with van der Waals surface area (Å²) in [4.78, 5) is 11.7. The number of hydrogen-bond acceptors (Lipinski definition) is 3. The topological polar surface area (TPSA) is 46.5 Å². The van der Waals surface area contributed by atoms with E-state index in [9.17, 15) is 4.79 Å². The maximum atomic E-state index is 11.7. The summed E-state index contributed by atoms with van der Waals surface area (Å²) in [6, 6.07) is 6.92. The molecular weight excluding hydrogens is 228 g/mol. The SMILES string of the molecule is CC(C)(C)OC(=O)c1ccc(C#CCCO)cc1. The average Bonchev–Trinajstić information content (AvgIpc) is 2.28. The molecule has 0 aliphatic carbocycles. The van der Waals surface area contributed by atoms with Gasteiger partial charge in [0.2, 0.25) is 0 Å². The number of rotatable bonds is 2. The number of carbonyl (C=O) groups excluding carboxylic acids is 1. The van der Waals surface area contributed by atoms with Gasteiger partial charge < -0.3 is 9.84 Å². The Hall–Kier alpha value is -1.79. The predicted octanol–water partition coefficient (Wildman–Crippen LogP) is 2.38. The Morgan fingerprint density at radius 1 is 1.28 bits per heavy atom. The molecule has 0 unspecified atom stereocenters. The molecule has 0 radical (unpaired) electrons. The summed E-state index contributed by atoms with van der Waals surface area (Å²) in [6.45, 7) is 5.56. The second kappa shape index (κ2) is 6.23. The molecule has 1 N–H and O–H groups in total. The van der Waals surface area contributed by atoms with Crippen molar-refractivity contribution in [2.75, 3.05) is 6.61 Å². The predicted molar refractivity (Wildman–Crippen MR) is 70.2 cm³/mol. The zero-order valence-corrected chi connectivity index (χ0v) is 11.0. The zero-order valence-electron chi connectivity index (χ0n) is 11.0. The Kier molecular flexibility index (Phi) is 4.94. The third kappa shape index (κ3) is 5.03. The molecule has 1 aromatic carbocycles. The van der Waals surface area contributed by atoms with Crippen LogP contribution in [0.5, 0.6) is 0 Å². The smallest absolute Gasteiger partial charge is 0.338 e. The Morgan fingerprint density at radius 2 is 1.89 bits per heavy atom. The molecule has 96 valence electrons. The molecule has 3 heteroatoms. The van der Waals surface area contributed by atoms with Crippen LogP contribution >= 0.6 is 0 Å². The molecule has 0 fully saturated rings. The van der Waals surface area contributed by atoms with E-state index in [4.69, 9.17) is 9.84 Å². The number of aliphatic hydroxyl groups excluding tert-OH is 1. The van der Waals surface area contributed by atoms with Crippen LogP contribution in [-0.4, -0.2) is 23.3 Å². The largest absolute Gasteiger partial charge is 0.456 e. The first-order chi connectivity index (χ1) is 8.42. The third-order valence-electron chi connectivity index (χ3n) is 1.99. The standard InChI is InChI=1S/C15H18O3/c1-15(2,3)18-14(17)13-9-7-12(8-10-13)6-4-5-11-16/h7-10,16H,5,11H2,1-3H3. The van der Waals surface area contributed by atoms with Gasteiger partial charge in [0.15, 0.2) is 0 Å². The highest BCUT2D eigenvalue weighted by Crippen LogP contribution is 2.12. The first kappa shape index (κ1) is 14.3. The lowest BCUT2D eigenvalue weighted by Gasteiger charge is -2.19. The summed E-state index contributed by atoms with van der Waals surface area (Å²) >= 11 is 0. The van der Waals surface area contributed by atoms with Crippen LogP contribution in [0.2, 0.25) is 0 Å². The highest BCUT2D eigenvalue weighted by molar-refractivity contribution is 5.89. The van der Waals surface area contributed by atoms with E-state index in [1.165, 1.54) is 0 Å². The van der Waals surface area contributed by atoms with Crippen molar-refractivity contribution in [3.05, 3.63) is 35.4 Å². The van der Waals surface area contributed by atoms with Crippen molar-refractivity contribution >= 4 is 5.97 Å². The van der Waals surface area contributed by atoms with Crippen LogP contribution < -0.4 is 0 Å². The number of hydrogen-bond donors (Lipinski definition) is 1. The summed E-state index contributed by atoms with van der Waals surface area (Å²) in [7, 11) is 0. The van der Waals surface area contributed by atoms with Gasteiger partial charge in [-0.2, -0.15) is 0 Å². The van der Waals surface area contributed by atoms with E-state index in [0.717, 1.165) is 5.56 Å². The number of ether oxygens (including phenoxy) is 1. The van der Waals surface area contributed by atoms with Gasteiger partial charge in [-0.3, -0.25) is 0 Å². The summed E-state index contributed by atoms with van der Waals surface area (Å²) in [5, 5.41) is 8.61. The van der Waals surface area contributed by atoms with Crippen molar-refractivity contribution in [1.82, 2.24) is 0 Å². The van der Waals surface area contributed by atoms with E-state index < -0.39 is 5.60 Å². The number of esters is 1. The van der Waals surface area contributed by atoms with E-state index in [2.05, 4.69) is 11.8 Å². The third-order valence-corrected chi connectivity index (χ3v) is 1.99. The molecule has 18 heavy (non-hydrogen) atoms. The highest BCUT2D eigenvalue weighted by atomic mass is 16.6. The van der Waals surface area contributed by atoms with Gasteiger partial charge in [-0.25, -0.2) is 4.79 Å². The van der Waals surface area contributed by atoms with Crippen LogP contribution in [0, 0.1) is 11.8 Å². The van der Waals surface area contributed by atoms with Gasteiger partial charge in [-0.15, -0.1) is 0 Å². The zero-order chi connectivity index (χ0) is 13.6. The van der Waals surface area contributed by atoms with E-state index in [1.54, 1.807) is 24.3 Å². The number of benzene rings is 1. The van der Waals surface area contributed by atoms with E-state index in [1.807, 2.05) is 20.8 Å². The van der Waals surface area contributed by atoms with Gasteiger partial charge in [0, 0.05) is 12.0 Å². The molecule has 1 aromatic rings. The van der Waals surface area contributed by atoms with Crippen LogP contribution in [0.1, 0.15) is 43.1 Å². The van der Waals surface area contributed by atoms with Crippen molar-refractivity contribution in [3.63, 3.8) is 0 Å². The van der Waals surface area contributed by atoms with Crippen LogP contribution in [0.3, 0.4) is 0 Å². The Labute approximate surface area is 108 Å². The maximum Gasteiger partial charge on any atom is 0.338 e. The Morgan fingerprint density at radius 3 is 2.39 bits per heavy atom. The molecule has 0 bridgehead atoms. The van der Waals surface area contributed by atoms with Gasteiger partial charge in [0.05, 0.1) is 12.2 Å². The molecule has 0 aliphatic heterocycles. The summed E-state index contributed by atoms with van der Waals surface area (Å²) in [6.07, 6.45) is 0.452. The van der Waals surface area contributed by atoms with Crippen molar-refractivity contribution in [2.45, 2.75) is 32.8 Å². The molecule has 1 rings (SSSR count). The fourth-order valence-electron chi connectivity index (χ4n) is 1.25. The van der Waals surface area contributed by atoms with Gasteiger partial charge in [0.25, 0.3) is 0 Å². The lowest BCUT2D eigenvalue weighted by atomic mass is 10.1. The first-order valence-electron chi connectivity index (χ1n) is 5.85. The molecule has 0 saturated heterocycles. The molecule has 0 spiro atoms. The molecule has 0 aromatic heterocycles. The number of aliphatic hydroxyl groups is 1. The lowest BCUT2D eigenvalue weighted by molar-refractivity contribution is 0.00695. The lowest BCUT2D eigenvalue weighted by Crippen LogP contribution is -2.23. The van der Waals surface area contributed by atoms with E-state index in [0.29, 0.717) is 12.0 Å². The molecule has 0 amide bonds. The van der Waals surface area contributed by atoms with Crippen molar-refractivity contribution in [2.24, 2.45) is 0 Å². The summed E-state index contributed by atoms with van der Waals surface area (Å²) in [5.74, 6) is 5.38. The number of carbonyl (C=O) groups is 1. The monoisotopic (exact) mass is 246 g/mol. The van der Waals surface area contributed by atoms with Crippen molar-refractivity contribution in [3.8, 4) is 11.8 Å². The van der Waals surface area contributed by atoms with Crippen LogP contribution in [-0.2, 0) is 4.74 Å². The minimum atomic E-state index is -0.489. The fraction of sp³-hybridized carbons (Fsp3) is 0.400. The molecular formula is C15H18O3. The first-order valence-corrected chi connectivity index (χ1v) is 5.85. The molecule has 0 atom stereocenters. The normalized spacial score (nSPS) is 10.4. The second-order valence-electron chi connectivity index (χ2n) is 4.85. The van der Waals surface area contributed by atoms with Gasteiger partial charge >= 0.3 is 5.97 Å². The second-order valence-corrected chi connectivity index (χ2v) is 4.85. The van der Waals surface area contributed by atoms with Gasteiger partial charge in [-0.05, 0) is 45.0 Å². The average molecular weight is 246 g/mol. The minimum Gasteiger partial charge on any atom is -0.456 e. The highest BCUT2D eigenvalue weighted by Gasteiger charge is 2.17. The molecule has 3 nitrogen and oxygen atoms in total. The van der Waals surface area contributed by atoms with E-state index in [-0.39, 0.29) is 12.6 Å². The maximum absolute atomic E-state index is 11.7. The van der Waals surface area contributed by atoms with Gasteiger partial charge in [0.1, 0.15) is 5.60 Å². The molecule has 0 saturated carbocycles. The van der Waals surface area contributed by atoms with Crippen LogP contribution in [0.4, 0.5) is 0 Å². The summed E-state index contributed by atoms with van der Waals surface area (Å²) < 4.78 is 5.25. The Balaban J connectivity index is 2.72. The quantitative estimate of drug-likeness (QED) is 0.643. The van der Waals surface area contributed by atoms with E-state index >= 15 is 0 Å². The minimum absolute atomic E-state index is 0.0585. The van der Waals surface area contributed by atoms with Crippen molar-refractivity contribution in [1.29, 1.82) is 0 Å². The molecule has 0 aliphatic rings. The fourth-order valence-corrected chi connectivity index (χ4v) is 1.25.